The average molecular weight is 262 g/mol. The van der Waals surface area contributed by atoms with Gasteiger partial charge in [-0.3, -0.25) is 4.79 Å². The first kappa shape index (κ1) is 13.9. The van der Waals surface area contributed by atoms with Gasteiger partial charge in [0.1, 0.15) is 5.75 Å². The Balaban J connectivity index is 1.95. The fourth-order valence-electron chi connectivity index (χ4n) is 2.63. The third-order valence-electron chi connectivity index (χ3n) is 3.65. The molecule has 0 bridgehead atoms. The monoisotopic (exact) mass is 262 g/mol. The van der Waals surface area contributed by atoms with Crippen molar-refractivity contribution in [2.45, 2.75) is 25.3 Å². The zero-order valence-corrected chi connectivity index (χ0v) is 11.7. The molecule has 19 heavy (non-hydrogen) atoms. The summed E-state index contributed by atoms with van der Waals surface area (Å²) in [6.07, 6.45) is 2.69. The molecule has 0 aromatic heterocycles. The van der Waals surface area contributed by atoms with Crippen LogP contribution in [0, 0.1) is 0 Å². The van der Waals surface area contributed by atoms with Crippen LogP contribution in [0.1, 0.15) is 18.4 Å². The molecular weight excluding hydrogens is 240 g/mol. The van der Waals surface area contributed by atoms with Gasteiger partial charge in [-0.25, -0.2) is 0 Å². The van der Waals surface area contributed by atoms with Crippen LogP contribution in [0.5, 0.6) is 5.75 Å². The Morgan fingerprint density at radius 2 is 2.16 bits per heavy atom. The molecule has 4 nitrogen and oxygen atoms in total. The quantitative estimate of drug-likeness (QED) is 0.873. The van der Waals surface area contributed by atoms with Gasteiger partial charge in [-0.05, 0) is 37.6 Å². The van der Waals surface area contributed by atoms with Gasteiger partial charge in [-0.15, -0.1) is 0 Å². The molecule has 104 valence electrons. The van der Waals surface area contributed by atoms with Gasteiger partial charge in [0.25, 0.3) is 0 Å². The van der Waals surface area contributed by atoms with Gasteiger partial charge in [-0.1, -0.05) is 12.1 Å². The molecule has 0 aliphatic carbocycles. The molecule has 1 fully saturated rings. The minimum Gasteiger partial charge on any atom is -0.497 e. The molecule has 1 saturated heterocycles. The van der Waals surface area contributed by atoms with Crippen molar-refractivity contribution in [2.24, 2.45) is 0 Å². The highest BCUT2D eigenvalue weighted by Gasteiger charge is 2.27. The maximum Gasteiger partial charge on any atom is 0.227 e. The number of rotatable bonds is 5. The molecule has 0 spiro atoms. The van der Waals surface area contributed by atoms with Gasteiger partial charge in [0, 0.05) is 19.1 Å². The van der Waals surface area contributed by atoms with Crippen molar-refractivity contribution in [3.05, 3.63) is 29.8 Å². The smallest absolute Gasteiger partial charge is 0.227 e. The second-order valence-electron chi connectivity index (χ2n) is 4.97. The summed E-state index contributed by atoms with van der Waals surface area (Å²) in [5.41, 5.74) is 1.04. The van der Waals surface area contributed by atoms with E-state index >= 15 is 0 Å². The van der Waals surface area contributed by atoms with E-state index in [0.717, 1.165) is 37.2 Å². The number of hydrogen-bond acceptors (Lipinski definition) is 3. The lowest BCUT2D eigenvalue weighted by Crippen LogP contribution is -2.41. The van der Waals surface area contributed by atoms with Crippen molar-refractivity contribution in [3.8, 4) is 5.75 Å². The van der Waals surface area contributed by atoms with Crippen LogP contribution in [0.4, 0.5) is 0 Å². The van der Waals surface area contributed by atoms with E-state index < -0.39 is 0 Å². The zero-order valence-electron chi connectivity index (χ0n) is 11.7. The Hall–Kier alpha value is -1.55. The van der Waals surface area contributed by atoms with Gasteiger partial charge < -0.3 is 15.0 Å². The fraction of sp³-hybridized carbons (Fsp3) is 0.533. The summed E-state index contributed by atoms with van der Waals surface area (Å²) < 4.78 is 5.12. The summed E-state index contributed by atoms with van der Waals surface area (Å²) in [6, 6.07) is 8.07. The van der Waals surface area contributed by atoms with Gasteiger partial charge >= 0.3 is 0 Å². The highest BCUT2D eigenvalue weighted by molar-refractivity contribution is 5.79. The first-order chi connectivity index (χ1) is 9.24. The van der Waals surface area contributed by atoms with E-state index in [2.05, 4.69) is 5.32 Å². The van der Waals surface area contributed by atoms with Crippen molar-refractivity contribution in [1.82, 2.24) is 10.2 Å². The van der Waals surface area contributed by atoms with Crippen LogP contribution in [-0.2, 0) is 11.2 Å². The third-order valence-corrected chi connectivity index (χ3v) is 3.65. The number of carbonyl (C=O) groups is 1. The normalized spacial score (nSPS) is 18.6. The van der Waals surface area contributed by atoms with E-state index in [1.54, 1.807) is 7.11 Å². The Morgan fingerprint density at radius 1 is 1.42 bits per heavy atom. The Labute approximate surface area is 114 Å². The second kappa shape index (κ2) is 6.57. The van der Waals surface area contributed by atoms with E-state index in [9.17, 15) is 4.79 Å². The number of likely N-dealkylation sites (tertiary alicyclic amines) is 1. The number of benzene rings is 1. The van der Waals surface area contributed by atoms with Crippen LogP contribution in [0.2, 0.25) is 0 Å². The number of methoxy groups -OCH3 is 1. The highest BCUT2D eigenvalue weighted by Crippen LogP contribution is 2.19. The number of amides is 1. The molecule has 1 aliphatic rings. The summed E-state index contributed by atoms with van der Waals surface area (Å²) in [5, 5.41) is 3.16. The molecule has 1 N–H and O–H groups in total. The first-order valence-corrected chi connectivity index (χ1v) is 6.81. The van der Waals surface area contributed by atoms with E-state index in [0.29, 0.717) is 12.5 Å². The predicted octanol–water partition coefficient (Wildman–Crippen LogP) is 1.45. The number of nitrogens with zero attached hydrogens (tertiary/aromatic N) is 1. The van der Waals surface area contributed by atoms with Crippen molar-refractivity contribution in [3.63, 3.8) is 0 Å². The van der Waals surface area contributed by atoms with Gasteiger partial charge in [0.05, 0.1) is 13.5 Å². The SMILES string of the molecule is CNC[C@@H]1CCCN1C(=O)Cc1ccc(OC)cc1. The summed E-state index contributed by atoms with van der Waals surface area (Å²) >= 11 is 0. The third kappa shape index (κ3) is 3.47. The van der Waals surface area contributed by atoms with E-state index in [1.165, 1.54) is 0 Å². The molecule has 1 aliphatic heterocycles. The maximum absolute atomic E-state index is 12.3. The summed E-state index contributed by atoms with van der Waals surface area (Å²) in [4.78, 5) is 14.3. The van der Waals surface area contributed by atoms with Crippen LogP contribution >= 0.6 is 0 Å². The standard InChI is InChI=1S/C15H22N2O2/c1-16-11-13-4-3-9-17(13)15(18)10-12-5-7-14(19-2)8-6-12/h5-8,13,16H,3-4,9-11H2,1-2H3/t13-/m0/s1. The molecular formula is C15H22N2O2. The van der Waals surface area contributed by atoms with Crippen LogP contribution in [0.3, 0.4) is 0 Å². The lowest BCUT2D eigenvalue weighted by Gasteiger charge is -2.24. The van der Waals surface area contributed by atoms with Gasteiger partial charge in [0.15, 0.2) is 0 Å². The van der Waals surface area contributed by atoms with Crippen molar-refractivity contribution >= 4 is 5.91 Å². The topological polar surface area (TPSA) is 41.6 Å². The van der Waals surface area contributed by atoms with Crippen LogP contribution in [0.25, 0.3) is 0 Å². The Bertz CT molecular complexity index is 417. The van der Waals surface area contributed by atoms with Crippen LogP contribution in [-0.4, -0.2) is 44.1 Å². The molecule has 1 amide bonds. The molecule has 1 heterocycles. The molecule has 0 unspecified atom stereocenters. The van der Waals surface area contributed by atoms with Crippen LogP contribution < -0.4 is 10.1 Å². The fourth-order valence-corrected chi connectivity index (χ4v) is 2.63. The lowest BCUT2D eigenvalue weighted by molar-refractivity contribution is -0.131. The number of carbonyl (C=O) groups excluding carboxylic acids is 1. The minimum absolute atomic E-state index is 0.225. The van der Waals surface area contributed by atoms with Crippen molar-refractivity contribution in [1.29, 1.82) is 0 Å². The molecule has 1 atom stereocenters. The van der Waals surface area contributed by atoms with E-state index in [4.69, 9.17) is 4.74 Å². The zero-order chi connectivity index (χ0) is 13.7. The van der Waals surface area contributed by atoms with Crippen molar-refractivity contribution in [2.75, 3.05) is 27.2 Å². The maximum atomic E-state index is 12.3. The van der Waals surface area contributed by atoms with E-state index in [1.807, 2.05) is 36.2 Å². The molecule has 1 aromatic rings. The molecule has 4 heteroatoms. The lowest BCUT2D eigenvalue weighted by atomic mass is 10.1. The van der Waals surface area contributed by atoms with Crippen LogP contribution in [0.15, 0.2) is 24.3 Å². The average Bonchev–Trinajstić information content (AvgIpc) is 2.88. The number of hydrogen-bond donors (Lipinski definition) is 1. The largest absolute Gasteiger partial charge is 0.497 e. The summed E-state index contributed by atoms with van der Waals surface area (Å²) in [7, 11) is 3.58. The molecule has 1 aromatic carbocycles. The number of likely N-dealkylation sites (N-methyl/N-ethyl adjacent to an activating group) is 1. The predicted molar refractivity (Wildman–Crippen MR) is 75.4 cm³/mol. The molecule has 0 saturated carbocycles. The first-order valence-electron chi connectivity index (χ1n) is 6.81. The highest BCUT2D eigenvalue weighted by atomic mass is 16.5. The van der Waals surface area contributed by atoms with Crippen molar-refractivity contribution < 1.29 is 9.53 Å². The Kier molecular flexibility index (Phi) is 4.80. The summed E-state index contributed by atoms with van der Waals surface area (Å²) in [6.45, 7) is 1.77. The molecule has 2 rings (SSSR count). The van der Waals surface area contributed by atoms with E-state index in [-0.39, 0.29) is 5.91 Å². The Morgan fingerprint density at radius 3 is 2.79 bits per heavy atom. The number of ether oxygens (including phenoxy) is 1. The summed E-state index contributed by atoms with van der Waals surface area (Å²) in [5.74, 6) is 1.05. The van der Waals surface area contributed by atoms with Gasteiger partial charge in [-0.2, -0.15) is 0 Å². The minimum atomic E-state index is 0.225. The second-order valence-corrected chi connectivity index (χ2v) is 4.97. The van der Waals surface area contributed by atoms with Gasteiger partial charge in [0.2, 0.25) is 5.91 Å². The number of nitrogens with one attached hydrogen (secondary N) is 1. The molecule has 0 radical (unpaired) electrons.